The fraction of sp³-hybridized carbons (Fsp3) is 0.750. The quantitative estimate of drug-likeness (QED) is 0.369. The van der Waals surface area contributed by atoms with Crippen molar-refractivity contribution in [3.8, 4) is 0 Å². The first-order chi connectivity index (χ1) is 3.18. The molecular formula is C4H7IO2. The molecule has 0 bridgehead atoms. The summed E-state index contributed by atoms with van der Waals surface area (Å²) in [7, 11) is 1.39. The number of carbonyl (C=O) groups excluding carboxylic acids is 1. The van der Waals surface area contributed by atoms with Crippen LogP contribution in [0, 0.1) is 0 Å². The average molecular weight is 214 g/mol. The molecule has 42 valence electrons. The summed E-state index contributed by atoms with van der Waals surface area (Å²) in [4.78, 5) is 10.3. The molecular weight excluding hydrogens is 207 g/mol. The topological polar surface area (TPSA) is 26.3 Å². The third-order valence-electron chi connectivity index (χ3n) is 0.526. The molecule has 0 aromatic rings. The Morgan fingerprint density at radius 2 is 2.29 bits per heavy atom. The smallest absolute Gasteiger partial charge is 0.318 e. The summed E-state index contributed by atoms with van der Waals surface area (Å²) in [5, 5.41) is 0. The fourth-order valence-electron chi connectivity index (χ4n) is 0.162. The van der Waals surface area contributed by atoms with Gasteiger partial charge in [0.25, 0.3) is 0 Å². The Bertz CT molecular complexity index is 70.1. The van der Waals surface area contributed by atoms with Gasteiger partial charge in [0, 0.05) is 0 Å². The van der Waals surface area contributed by atoms with E-state index in [1.165, 1.54) is 7.11 Å². The Morgan fingerprint density at radius 3 is 2.29 bits per heavy atom. The van der Waals surface area contributed by atoms with Crippen LogP contribution in [0.5, 0.6) is 0 Å². The van der Waals surface area contributed by atoms with Gasteiger partial charge in [-0.05, 0) is 6.92 Å². The second-order valence-corrected chi connectivity index (χ2v) is 3.01. The van der Waals surface area contributed by atoms with Gasteiger partial charge in [0.15, 0.2) is 0 Å². The molecule has 2 nitrogen and oxygen atoms in total. The summed E-state index contributed by atoms with van der Waals surface area (Å²) in [6.45, 7) is 1.78. The van der Waals surface area contributed by atoms with Crippen molar-refractivity contribution in [2.24, 2.45) is 0 Å². The minimum absolute atomic E-state index is 0.0254. The molecule has 0 spiro atoms. The lowest BCUT2D eigenvalue weighted by molar-refractivity contribution is -0.139. The number of carbonyl (C=O) groups is 1. The third-order valence-corrected chi connectivity index (χ3v) is 1.03. The highest BCUT2D eigenvalue weighted by atomic mass is 127. The molecule has 0 aliphatic carbocycles. The normalized spacial score (nSPS) is 13.0. The lowest BCUT2D eigenvalue weighted by Gasteiger charge is -1.96. The standard InChI is InChI=1S/C4H7IO2/c1-3(5)4(6)7-2/h3H,1-2H3/t3-/m0/s1. The van der Waals surface area contributed by atoms with E-state index in [4.69, 9.17) is 0 Å². The van der Waals surface area contributed by atoms with Crippen LogP contribution in [-0.4, -0.2) is 17.0 Å². The van der Waals surface area contributed by atoms with E-state index in [9.17, 15) is 4.79 Å². The van der Waals surface area contributed by atoms with E-state index in [-0.39, 0.29) is 9.89 Å². The number of rotatable bonds is 1. The summed E-state index contributed by atoms with van der Waals surface area (Å²) in [6, 6.07) is 0. The maximum atomic E-state index is 10.3. The van der Waals surface area contributed by atoms with E-state index in [1.54, 1.807) is 6.92 Å². The van der Waals surface area contributed by atoms with Crippen molar-refractivity contribution in [1.29, 1.82) is 0 Å². The molecule has 0 aliphatic heterocycles. The molecule has 0 aliphatic rings. The van der Waals surface area contributed by atoms with Gasteiger partial charge in [-0.2, -0.15) is 0 Å². The molecule has 0 aromatic heterocycles. The Hall–Kier alpha value is 0.200. The van der Waals surface area contributed by atoms with Crippen LogP contribution in [0.4, 0.5) is 0 Å². The molecule has 0 saturated carbocycles. The first-order valence-electron chi connectivity index (χ1n) is 1.90. The number of halogens is 1. The van der Waals surface area contributed by atoms with Gasteiger partial charge in [0.2, 0.25) is 0 Å². The van der Waals surface area contributed by atoms with E-state index in [0.717, 1.165) is 0 Å². The van der Waals surface area contributed by atoms with Gasteiger partial charge in [0.05, 0.1) is 7.11 Å². The predicted octanol–water partition coefficient (Wildman–Crippen LogP) is 0.983. The number of hydrogen-bond acceptors (Lipinski definition) is 2. The summed E-state index contributed by atoms with van der Waals surface area (Å²) in [5.74, 6) is -0.166. The van der Waals surface area contributed by atoms with E-state index in [0.29, 0.717) is 0 Å². The van der Waals surface area contributed by atoms with Crippen LogP contribution in [0.2, 0.25) is 0 Å². The summed E-state index contributed by atoms with van der Waals surface area (Å²) in [6.07, 6.45) is 0. The Morgan fingerprint density at radius 1 is 1.86 bits per heavy atom. The van der Waals surface area contributed by atoms with Crippen molar-refractivity contribution in [3.63, 3.8) is 0 Å². The van der Waals surface area contributed by atoms with Gasteiger partial charge in [-0.25, -0.2) is 0 Å². The zero-order valence-electron chi connectivity index (χ0n) is 4.27. The van der Waals surface area contributed by atoms with Crippen LogP contribution in [0.25, 0.3) is 0 Å². The molecule has 0 heterocycles. The van der Waals surface area contributed by atoms with Gasteiger partial charge in [-0.15, -0.1) is 0 Å². The number of esters is 1. The molecule has 0 unspecified atom stereocenters. The first kappa shape index (κ1) is 7.20. The van der Waals surface area contributed by atoms with Crippen LogP contribution in [0.1, 0.15) is 6.92 Å². The molecule has 3 heteroatoms. The van der Waals surface area contributed by atoms with Crippen molar-refractivity contribution in [2.45, 2.75) is 10.8 Å². The molecule has 0 fully saturated rings. The van der Waals surface area contributed by atoms with E-state index >= 15 is 0 Å². The van der Waals surface area contributed by atoms with Crippen molar-refractivity contribution < 1.29 is 9.53 Å². The van der Waals surface area contributed by atoms with Crippen molar-refractivity contribution >= 4 is 28.6 Å². The fourth-order valence-corrected chi connectivity index (χ4v) is 0.417. The number of ether oxygens (including phenoxy) is 1. The summed E-state index contributed by atoms with van der Waals surface area (Å²) in [5.41, 5.74) is 0. The first-order valence-corrected chi connectivity index (χ1v) is 3.15. The Balaban J connectivity index is 3.35. The minimum Gasteiger partial charge on any atom is -0.468 e. The van der Waals surface area contributed by atoms with Gasteiger partial charge >= 0.3 is 5.97 Å². The zero-order valence-corrected chi connectivity index (χ0v) is 6.43. The van der Waals surface area contributed by atoms with Crippen LogP contribution < -0.4 is 0 Å². The SMILES string of the molecule is COC(=O)[C@H](C)I. The van der Waals surface area contributed by atoms with Gasteiger partial charge in [0.1, 0.15) is 3.92 Å². The molecule has 7 heavy (non-hydrogen) atoms. The van der Waals surface area contributed by atoms with E-state index in [2.05, 4.69) is 4.74 Å². The maximum Gasteiger partial charge on any atom is 0.318 e. The summed E-state index contributed by atoms with van der Waals surface area (Å²) >= 11 is 1.99. The zero-order chi connectivity index (χ0) is 5.86. The lowest BCUT2D eigenvalue weighted by Crippen LogP contribution is -2.10. The number of alkyl halides is 1. The van der Waals surface area contributed by atoms with Gasteiger partial charge in [-0.1, -0.05) is 22.6 Å². The van der Waals surface area contributed by atoms with E-state index in [1.807, 2.05) is 22.6 Å². The van der Waals surface area contributed by atoms with Crippen LogP contribution >= 0.6 is 22.6 Å². The number of hydrogen-bond donors (Lipinski definition) is 0. The average Bonchev–Trinajstić information content (AvgIpc) is 1.65. The monoisotopic (exact) mass is 214 g/mol. The summed E-state index contributed by atoms with van der Waals surface area (Å²) < 4.78 is 4.34. The Labute approximate surface area is 56.4 Å². The van der Waals surface area contributed by atoms with E-state index < -0.39 is 0 Å². The number of methoxy groups -OCH3 is 1. The largest absolute Gasteiger partial charge is 0.468 e. The second-order valence-electron chi connectivity index (χ2n) is 1.14. The highest BCUT2D eigenvalue weighted by Crippen LogP contribution is 1.98. The van der Waals surface area contributed by atoms with Crippen LogP contribution in [0.3, 0.4) is 0 Å². The van der Waals surface area contributed by atoms with Crippen molar-refractivity contribution in [1.82, 2.24) is 0 Å². The molecule has 0 amide bonds. The van der Waals surface area contributed by atoms with Crippen molar-refractivity contribution in [2.75, 3.05) is 7.11 Å². The molecule has 1 atom stereocenters. The van der Waals surface area contributed by atoms with Crippen LogP contribution in [-0.2, 0) is 9.53 Å². The van der Waals surface area contributed by atoms with Crippen molar-refractivity contribution in [3.05, 3.63) is 0 Å². The molecule has 0 radical (unpaired) electrons. The van der Waals surface area contributed by atoms with Gasteiger partial charge < -0.3 is 4.74 Å². The molecule has 0 rings (SSSR count). The molecule has 0 aromatic carbocycles. The highest BCUT2D eigenvalue weighted by molar-refractivity contribution is 14.1. The van der Waals surface area contributed by atoms with Crippen LogP contribution in [0.15, 0.2) is 0 Å². The Kier molecular flexibility index (Phi) is 3.33. The molecule has 0 N–H and O–H groups in total. The molecule has 0 saturated heterocycles. The third kappa shape index (κ3) is 2.85. The van der Waals surface area contributed by atoms with Gasteiger partial charge in [-0.3, -0.25) is 4.79 Å². The highest BCUT2D eigenvalue weighted by Gasteiger charge is 2.05. The predicted molar refractivity (Wildman–Crippen MR) is 35.5 cm³/mol. The lowest BCUT2D eigenvalue weighted by atomic mass is 10.5. The maximum absolute atomic E-state index is 10.3. The second kappa shape index (κ2) is 3.23. The minimum atomic E-state index is -0.166.